The number of carboxylic acids is 1. The smallest absolute Gasteiger partial charge is 0.411 e. The molecule has 49 heavy (non-hydrogen) atoms. The number of anilines is 2. The number of carbonyl (C=O) groups excluding carboxylic acids is 3. The van der Waals surface area contributed by atoms with Crippen LogP contribution < -0.4 is 20.5 Å². The normalized spacial score (nSPS) is 17.1. The van der Waals surface area contributed by atoms with Crippen LogP contribution in [0.1, 0.15) is 67.2 Å². The van der Waals surface area contributed by atoms with E-state index in [0.29, 0.717) is 53.7 Å². The highest BCUT2D eigenvalue weighted by Crippen LogP contribution is 2.27. The van der Waals surface area contributed by atoms with Gasteiger partial charge in [-0.15, -0.1) is 0 Å². The highest BCUT2D eigenvalue weighted by atomic mass is 79.9. The van der Waals surface area contributed by atoms with Gasteiger partial charge in [0.15, 0.2) is 0 Å². The lowest BCUT2D eigenvalue weighted by Gasteiger charge is -2.28. The zero-order chi connectivity index (χ0) is 37.1. The molecule has 2 aromatic heterocycles. The summed E-state index contributed by atoms with van der Waals surface area (Å²) < 4.78 is 21.9. The van der Waals surface area contributed by atoms with E-state index >= 15 is 0 Å². The third kappa shape index (κ3) is 13.5. The van der Waals surface area contributed by atoms with Gasteiger partial charge in [-0.25, -0.2) is 24.4 Å². The summed E-state index contributed by atoms with van der Waals surface area (Å²) in [7, 11) is 3.01. The Kier molecular flexibility index (Phi) is 15.4. The Morgan fingerprint density at radius 1 is 0.796 bits per heavy atom. The van der Waals surface area contributed by atoms with Gasteiger partial charge >= 0.3 is 18.2 Å². The minimum absolute atomic E-state index is 0.277. The molecule has 0 spiro atoms. The molecule has 2 saturated heterocycles. The average molecular weight is 819 g/mol. The molecule has 2 aliphatic heterocycles. The molecule has 2 atom stereocenters. The largest absolute Gasteiger partial charge is 0.480 e. The topological polar surface area (TPSA) is 196 Å². The van der Waals surface area contributed by atoms with Crippen molar-refractivity contribution in [2.24, 2.45) is 0 Å². The molecule has 4 heterocycles. The van der Waals surface area contributed by atoms with Gasteiger partial charge in [-0.05, 0) is 123 Å². The monoisotopic (exact) mass is 816 g/mol. The molecule has 0 aliphatic carbocycles. The van der Waals surface area contributed by atoms with Gasteiger partial charge in [0.1, 0.15) is 38.2 Å². The fourth-order valence-electron chi connectivity index (χ4n) is 4.62. The molecule has 0 bridgehead atoms. The Bertz CT molecular complexity index is 1470. The van der Waals surface area contributed by atoms with Crippen LogP contribution in [0.25, 0.3) is 0 Å². The van der Waals surface area contributed by atoms with Gasteiger partial charge in [0.2, 0.25) is 17.7 Å². The number of hydrogen-bond donors (Lipinski definition) is 3. The molecule has 4 rings (SSSR count). The summed E-state index contributed by atoms with van der Waals surface area (Å²) in [6.07, 6.45) is 1.57. The molecule has 0 radical (unpaired) electrons. The zero-order valence-corrected chi connectivity index (χ0v) is 32.2. The molecule has 2 aliphatic rings. The lowest BCUT2D eigenvalue weighted by Crippen LogP contribution is -2.45. The minimum Gasteiger partial charge on any atom is -0.480 e. The molecule has 0 aromatic carbocycles. The number of rotatable bonds is 5. The van der Waals surface area contributed by atoms with Crippen molar-refractivity contribution in [3.05, 3.63) is 33.5 Å². The summed E-state index contributed by atoms with van der Waals surface area (Å²) in [5.41, 5.74) is 5.32. The van der Waals surface area contributed by atoms with Crippen molar-refractivity contribution in [3.8, 4) is 11.8 Å². The average Bonchev–Trinajstić information content (AvgIpc) is 3.69. The van der Waals surface area contributed by atoms with Gasteiger partial charge in [-0.1, -0.05) is 0 Å². The van der Waals surface area contributed by atoms with Crippen molar-refractivity contribution < 1.29 is 43.2 Å². The van der Waals surface area contributed by atoms with Crippen LogP contribution in [0.3, 0.4) is 0 Å². The molecule has 2 fully saturated rings. The van der Waals surface area contributed by atoms with Gasteiger partial charge in [0.05, 0.1) is 19.9 Å². The number of methoxy groups -OCH3 is 2. The Morgan fingerprint density at radius 3 is 1.69 bits per heavy atom. The van der Waals surface area contributed by atoms with E-state index in [4.69, 9.17) is 29.8 Å². The van der Waals surface area contributed by atoms with Crippen molar-refractivity contribution in [2.45, 2.75) is 90.5 Å². The number of aliphatic carboxylic acids is 1. The second-order valence-corrected chi connectivity index (χ2v) is 14.5. The molecule has 17 heteroatoms. The molecular weight excluding hydrogens is 772 g/mol. The van der Waals surface area contributed by atoms with Crippen LogP contribution >= 0.6 is 31.9 Å². The first-order chi connectivity index (χ1) is 22.8. The van der Waals surface area contributed by atoms with Gasteiger partial charge < -0.3 is 35.1 Å². The van der Waals surface area contributed by atoms with E-state index in [-0.39, 0.29) is 5.91 Å². The fourth-order valence-corrected chi connectivity index (χ4v) is 5.20. The predicted molar refractivity (Wildman–Crippen MR) is 190 cm³/mol. The predicted octanol–water partition coefficient (Wildman–Crippen LogP) is 6.10. The number of carboxylic acid groups (broad SMARTS) is 1. The van der Waals surface area contributed by atoms with Gasteiger partial charge in [-0.3, -0.25) is 14.6 Å². The summed E-state index contributed by atoms with van der Waals surface area (Å²) in [6.45, 7) is 11.6. The van der Waals surface area contributed by atoms with E-state index < -0.39 is 41.4 Å². The standard InChI is InChI=1S/C16H22BrN3O4.C10H17NO4.C6H7BrN2O/c1-16(2,3)24-15(22)20-9-5-6-11(20)13(21)18-10-7-8-12(17)19-14(10)23-4;1-10(2,3)15-9(14)11-6-4-5-7(11)8(12)13;1-10-6-4(8)2-3-5(7)9-6/h7-8,11H,5-6,9H2,1-4H3,(H,18,21);7H,4-6H2,1-3H3,(H,12,13);2-3H,8H2,1H3/t11-;7-;/m11./s1. The van der Waals surface area contributed by atoms with E-state index in [2.05, 4.69) is 47.1 Å². The number of aromatic nitrogens is 2. The Labute approximate surface area is 303 Å². The Morgan fingerprint density at radius 2 is 1.24 bits per heavy atom. The third-order valence-corrected chi connectivity index (χ3v) is 7.56. The minimum atomic E-state index is -0.960. The SMILES string of the molecule is CC(C)(C)OC(=O)N1CCC[C@@H]1C(=O)O.COc1nc(Br)ccc1N.COc1nc(Br)ccc1NC(=O)[C@H]1CCCN1C(=O)OC(C)(C)C. The van der Waals surface area contributed by atoms with E-state index in [1.165, 1.54) is 24.0 Å². The number of nitrogens with one attached hydrogen (secondary N) is 1. The number of ether oxygens (including phenoxy) is 4. The summed E-state index contributed by atoms with van der Waals surface area (Å²) >= 11 is 6.44. The van der Waals surface area contributed by atoms with Crippen LogP contribution in [0.2, 0.25) is 0 Å². The van der Waals surface area contributed by atoms with E-state index in [1.54, 1.807) is 65.8 Å². The number of pyridine rings is 2. The number of halogens is 2. The van der Waals surface area contributed by atoms with E-state index in [1.807, 2.05) is 0 Å². The number of likely N-dealkylation sites (tertiary alicyclic amines) is 2. The molecule has 0 unspecified atom stereocenters. The van der Waals surface area contributed by atoms with Crippen LogP contribution in [0, 0.1) is 0 Å². The highest BCUT2D eigenvalue weighted by molar-refractivity contribution is 9.10. The number of hydrogen-bond acceptors (Lipinski definition) is 11. The van der Waals surface area contributed by atoms with Crippen LogP contribution in [-0.2, 0) is 19.1 Å². The maximum atomic E-state index is 12.6. The number of carbonyl (C=O) groups is 4. The van der Waals surface area contributed by atoms with Crippen molar-refractivity contribution >= 4 is 67.3 Å². The van der Waals surface area contributed by atoms with Gasteiger partial charge in [-0.2, -0.15) is 0 Å². The quantitative estimate of drug-likeness (QED) is 0.294. The Balaban J connectivity index is 0.000000283. The lowest BCUT2D eigenvalue weighted by molar-refractivity contribution is -0.142. The number of nitrogen functional groups attached to an aromatic ring is 1. The number of amides is 3. The second kappa shape index (κ2) is 18.2. The first-order valence-corrected chi connectivity index (χ1v) is 17.0. The molecule has 2 aromatic rings. The van der Waals surface area contributed by atoms with Gasteiger partial charge in [0, 0.05) is 13.1 Å². The van der Waals surface area contributed by atoms with Crippen LogP contribution in [-0.4, -0.2) is 99.5 Å². The molecule has 3 amide bonds. The van der Waals surface area contributed by atoms with Crippen LogP contribution in [0.15, 0.2) is 33.5 Å². The van der Waals surface area contributed by atoms with Crippen molar-refractivity contribution in [1.82, 2.24) is 19.8 Å². The van der Waals surface area contributed by atoms with Gasteiger partial charge in [0.25, 0.3) is 0 Å². The van der Waals surface area contributed by atoms with Crippen molar-refractivity contribution in [2.75, 3.05) is 38.4 Å². The van der Waals surface area contributed by atoms with E-state index in [0.717, 1.165) is 17.4 Å². The third-order valence-electron chi connectivity index (χ3n) is 6.68. The fraction of sp³-hybridized carbons (Fsp3) is 0.562. The van der Waals surface area contributed by atoms with Crippen LogP contribution in [0.4, 0.5) is 21.0 Å². The summed E-state index contributed by atoms with van der Waals surface area (Å²) in [6, 6.07) is 5.61. The zero-order valence-electron chi connectivity index (χ0n) is 29.0. The molecule has 0 saturated carbocycles. The number of nitrogens with zero attached hydrogens (tertiary/aromatic N) is 4. The molecule has 272 valence electrons. The maximum absolute atomic E-state index is 12.6. The Hall–Kier alpha value is -3.86. The maximum Gasteiger partial charge on any atom is 0.411 e. The van der Waals surface area contributed by atoms with E-state index in [9.17, 15) is 19.2 Å². The first-order valence-electron chi connectivity index (χ1n) is 15.5. The lowest BCUT2D eigenvalue weighted by atomic mass is 10.2. The van der Waals surface area contributed by atoms with Crippen molar-refractivity contribution in [3.63, 3.8) is 0 Å². The summed E-state index contributed by atoms with van der Waals surface area (Å²) in [5.74, 6) is -0.479. The highest BCUT2D eigenvalue weighted by Gasteiger charge is 2.38. The number of nitrogens with two attached hydrogens (primary N) is 1. The summed E-state index contributed by atoms with van der Waals surface area (Å²) in [5, 5.41) is 11.7. The molecule has 4 N–H and O–H groups in total. The molecule has 15 nitrogen and oxygen atoms in total. The van der Waals surface area contributed by atoms with Crippen molar-refractivity contribution in [1.29, 1.82) is 0 Å². The molecular formula is C32H46Br2N6O9. The van der Waals surface area contributed by atoms with Crippen LogP contribution in [0.5, 0.6) is 11.8 Å². The first kappa shape index (κ1) is 41.3. The summed E-state index contributed by atoms with van der Waals surface area (Å²) in [4.78, 5) is 58.2. The second-order valence-electron chi connectivity index (χ2n) is 12.9.